The maximum atomic E-state index is 9.23. The minimum absolute atomic E-state index is 0.210. The minimum atomic E-state index is 0.210. The zero-order valence-corrected chi connectivity index (χ0v) is 8.52. The van der Waals surface area contributed by atoms with E-state index in [0.29, 0.717) is 12.1 Å². The monoisotopic (exact) mass is 194 g/mol. The van der Waals surface area contributed by atoms with Crippen LogP contribution in [-0.4, -0.2) is 35.2 Å². The lowest BCUT2D eigenvalue weighted by Gasteiger charge is -2.31. The molecule has 2 rings (SSSR count). The molecule has 1 heterocycles. The van der Waals surface area contributed by atoms with Gasteiger partial charge >= 0.3 is 0 Å². The van der Waals surface area contributed by atoms with Crippen molar-refractivity contribution in [2.75, 3.05) is 13.2 Å². The second-order valence-corrected chi connectivity index (χ2v) is 4.45. The fraction of sp³-hybridized carbons (Fsp3) is 0.909. The first-order chi connectivity index (χ1) is 6.86. The van der Waals surface area contributed by atoms with Gasteiger partial charge in [-0.05, 0) is 32.2 Å². The van der Waals surface area contributed by atoms with Crippen molar-refractivity contribution in [2.45, 2.75) is 44.2 Å². The normalized spacial score (nSPS) is 38.7. The molecule has 2 fully saturated rings. The summed E-state index contributed by atoms with van der Waals surface area (Å²) in [5.41, 5.74) is 0. The zero-order chi connectivity index (χ0) is 9.97. The van der Waals surface area contributed by atoms with Crippen molar-refractivity contribution in [1.82, 2.24) is 4.90 Å². The first-order valence-electron chi connectivity index (χ1n) is 5.63. The van der Waals surface area contributed by atoms with Gasteiger partial charge in [-0.2, -0.15) is 5.26 Å². The zero-order valence-electron chi connectivity index (χ0n) is 8.52. The van der Waals surface area contributed by atoms with Gasteiger partial charge in [-0.1, -0.05) is 6.42 Å². The van der Waals surface area contributed by atoms with Gasteiger partial charge < -0.3 is 5.11 Å². The van der Waals surface area contributed by atoms with Crippen molar-refractivity contribution in [3.8, 4) is 6.07 Å². The van der Waals surface area contributed by atoms with Gasteiger partial charge in [0.25, 0.3) is 0 Å². The molecule has 1 saturated heterocycles. The van der Waals surface area contributed by atoms with Crippen molar-refractivity contribution >= 4 is 0 Å². The Morgan fingerprint density at radius 2 is 2.14 bits per heavy atom. The molecule has 3 unspecified atom stereocenters. The van der Waals surface area contributed by atoms with Crippen LogP contribution in [0.5, 0.6) is 0 Å². The molecule has 0 aromatic carbocycles. The highest BCUT2D eigenvalue weighted by Gasteiger charge is 2.37. The molecule has 3 nitrogen and oxygen atoms in total. The number of aliphatic hydroxyl groups is 1. The summed E-state index contributed by atoms with van der Waals surface area (Å²) < 4.78 is 0. The molecule has 1 N–H and O–H groups in total. The number of nitrogens with zero attached hydrogens (tertiary/aromatic N) is 2. The van der Waals surface area contributed by atoms with Gasteiger partial charge in [0.2, 0.25) is 0 Å². The van der Waals surface area contributed by atoms with Crippen molar-refractivity contribution < 1.29 is 5.11 Å². The third-order valence-electron chi connectivity index (χ3n) is 3.70. The van der Waals surface area contributed by atoms with Crippen LogP contribution in [0.1, 0.15) is 32.1 Å². The van der Waals surface area contributed by atoms with Gasteiger partial charge in [-0.15, -0.1) is 0 Å². The summed E-state index contributed by atoms with van der Waals surface area (Å²) in [6, 6.07) is 3.17. The van der Waals surface area contributed by atoms with Crippen molar-refractivity contribution in [3.63, 3.8) is 0 Å². The Bertz CT molecular complexity index is 236. The molecule has 1 aliphatic heterocycles. The fourth-order valence-corrected chi connectivity index (χ4v) is 2.98. The molecule has 0 amide bonds. The third kappa shape index (κ3) is 1.65. The van der Waals surface area contributed by atoms with Crippen molar-refractivity contribution in [1.29, 1.82) is 5.26 Å². The lowest BCUT2D eigenvalue weighted by molar-refractivity contribution is 0.109. The molecule has 0 spiro atoms. The summed E-state index contributed by atoms with van der Waals surface area (Å²) in [6.07, 6.45) is 5.66. The first kappa shape index (κ1) is 9.95. The fourth-order valence-electron chi connectivity index (χ4n) is 2.98. The third-order valence-corrected chi connectivity index (χ3v) is 3.70. The Morgan fingerprint density at radius 1 is 1.29 bits per heavy atom. The number of aliphatic hydroxyl groups excluding tert-OH is 1. The molecule has 3 atom stereocenters. The van der Waals surface area contributed by atoms with Gasteiger partial charge in [0.15, 0.2) is 0 Å². The minimum Gasteiger partial charge on any atom is -0.395 e. The molecule has 0 bridgehead atoms. The van der Waals surface area contributed by atoms with E-state index in [-0.39, 0.29) is 12.5 Å². The quantitative estimate of drug-likeness (QED) is 0.717. The summed E-state index contributed by atoms with van der Waals surface area (Å²) in [5, 5.41) is 18.2. The van der Waals surface area contributed by atoms with E-state index < -0.39 is 0 Å². The van der Waals surface area contributed by atoms with Crippen LogP contribution >= 0.6 is 0 Å². The number of likely N-dealkylation sites (tertiary alicyclic amines) is 1. The number of hydrogen-bond donors (Lipinski definition) is 1. The van der Waals surface area contributed by atoms with E-state index in [1.807, 2.05) is 0 Å². The highest BCUT2D eigenvalue weighted by atomic mass is 16.3. The summed E-state index contributed by atoms with van der Waals surface area (Å²) >= 11 is 0. The van der Waals surface area contributed by atoms with Crippen LogP contribution in [0.15, 0.2) is 0 Å². The molecule has 0 radical (unpaired) electrons. The Labute approximate surface area is 85.3 Å². The second-order valence-electron chi connectivity index (χ2n) is 4.45. The standard InChI is InChI=1S/C11H18N2O/c12-7-9-3-1-5-11(9)13-6-2-4-10(13)8-14/h9-11,14H,1-6,8H2. The van der Waals surface area contributed by atoms with Crippen LogP contribution in [0, 0.1) is 17.2 Å². The number of rotatable bonds is 2. The topological polar surface area (TPSA) is 47.3 Å². The van der Waals surface area contributed by atoms with E-state index in [1.54, 1.807) is 0 Å². The molecule has 2 aliphatic rings. The Morgan fingerprint density at radius 3 is 2.86 bits per heavy atom. The molecule has 3 heteroatoms. The summed E-state index contributed by atoms with van der Waals surface area (Å²) in [5.74, 6) is 0.210. The lowest BCUT2D eigenvalue weighted by atomic mass is 10.0. The Balaban J connectivity index is 2.03. The molecule has 0 aromatic rings. The van der Waals surface area contributed by atoms with E-state index in [4.69, 9.17) is 5.26 Å². The molecule has 0 aromatic heterocycles. The highest BCUT2D eigenvalue weighted by molar-refractivity contribution is 5.00. The summed E-state index contributed by atoms with van der Waals surface area (Å²) in [4.78, 5) is 2.38. The van der Waals surface area contributed by atoms with Crippen LogP contribution in [0.3, 0.4) is 0 Å². The SMILES string of the molecule is N#CC1CCCC1N1CCCC1CO. The smallest absolute Gasteiger partial charge is 0.0672 e. The van der Waals surface area contributed by atoms with Gasteiger partial charge in [0, 0.05) is 12.1 Å². The van der Waals surface area contributed by atoms with E-state index in [0.717, 1.165) is 25.8 Å². The van der Waals surface area contributed by atoms with Crippen molar-refractivity contribution in [3.05, 3.63) is 0 Å². The summed E-state index contributed by atoms with van der Waals surface area (Å²) in [6.45, 7) is 1.34. The van der Waals surface area contributed by atoms with Crippen LogP contribution in [0.2, 0.25) is 0 Å². The van der Waals surface area contributed by atoms with E-state index in [1.165, 1.54) is 12.8 Å². The van der Waals surface area contributed by atoms with Gasteiger partial charge in [0.1, 0.15) is 0 Å². The molecule has 78 valence electrons. The average Bonchev–Trinajstić information content (AvgIpc) is 2.85. The van der Waals surface area contributed by atoms with Gasteiger partial charge in [-0.3, -0.25) is 4.90 Å². The predicted octanol–water partition coefficient (Wildman–Crippen LogP) is 1.14. The van der Waals surface area contributed by atoms with Crippen LogP contribution in [-0.2, 0) is 0 Å². The molecular weight excluding hydrogens is 176 g/mol. The molecule has 1 saturated carbocycles. The van der Waals surface area contributed by atoms with Crippen LogP contribution in [0.4, 0.5) is 0 Å². The first-order valence-corrected chi connectivity index (χ1v) is 5.63. The maximum absolute atomic E-state index is 9.23. The lowest BCUT2D eigenvalue weighted by Crippen LogP contribution is -2.42. The van der Waals surface area contributed by atoms with E-state index in [9.17, 15) is 5.11 Å². The largest absolute Gasteiger partial charge is 0.395 e. The van der Waals surface area contributed by atoms with Crippen LogP contribution in [0.25, 0.3) is 0 Å². The maximum Gasteiger partial charge on any atom is 0.0672 e. The highest BCUT2D eigenvalue weighted by Crippen LogP contribution is 2.33. The number of hydrogen-bond acceptors (Lipinski definition) is 3. The Kier molecular flexibility index (Phi) is 3.05. The van der Waals surface area contributed by atoms with E-state index in [2.05, 4.69) is 11.0 Å². The molecular formula is C11H18N2O. The molecule has 14 heavy (non-hydrogen) atoms. The average molecular weight is 194 g/mol. The number of nitriles is 1. The van der Waals surface area contributed by atoms with E-state index >= 15 is 0 Å². The Hall–Kier alpha value is -0.590. The van der Waals surface area contributed by atoms with Gasteiger partial charge in [0.05, 0.1) is 18.6 Å². The second kappa shape index (κ2) is 4.29. The van der Waals surface area contributed by atoms with Crippen LogP contribution < -0.4 is 0 Å². The summed E-state index contributed by atoms with van der Waals surface area (Å²) in [7, 11) is 0. The molecule has 1 aliphatic carbocycles. The van der Waals surface area contributed by atoms with Gasteiger partial charge in [-0.25, -0.2) is 0 Å². The predicted molar refractivity (Wildman–Crippen MR) is 53.6 cm³/mol. The van der Waals surface area contributed by atoms with Crippen molar-refractivity contribution in [2.24, 2.45) is 5.92 Å².